The van der Waals surface area contributed by atoms with Crippen molar-refractivity contribution in [1.29, 1.82) is 0 Å². The minimum atomic E-state index is 0.250. The Balaban J connectivity index is 0.000000583. The van der Waals surface area contributed by atoms with Crippen molar-refractivity contribution in [2.24, 2.45) is 5.92 Å². The minimum absolute atomic E-state index is 0.250. The third-order valence-electron chi connectivity index (χ3n) is 3.30. The van der Waals surface area contributed by atoms with E-state index in [1.165, 1.54) is 44.9 Å². The standard InChI is InChI=1S/C11H23N.C2H6O/c1-3-10-8-6-4-5-7-9-11(10)12-2;1-2-3/h10-12H,3-9H2,1-2H3;3H,2H2,1H3. The zero-order valence-electron chi connectivity index (χ0n) is 10.8. The van der Waals surface area contributed by atoms with E-state index in [1.807, 2.05) is 0 Å². The molecule has 15 heavy (non-hydrogen) atoms. The lowest BCUT2D eigenvalue weighted by atomic mass is 9.85. The lowest BCUT2D eigenvalue weighted by molar-refractivity contribution is 0.289. The van der Waals surface area contributed by atoms with Crippen LogP contribution < -0.4 is 5.32 Å². The average Bonchev–Trinajstić information content (AvgIpc) is 2.19. The van der Waals surface area contributed by atoms with Gasteiger partial charge >= 0.3 is 0 Å². The number of aliphatic hydroxyl groups excluding tert-OH is 1. The van der Waals surface area contributed by atoms with Crippen LogP contribution in [0.1, 0.15) is 58.8 Å². The Morgan fingerprint density at radius 3 is 2.07 bits per heavy atom. The Labute approximate surface area is 95.5 Å². The number of nitrogens with one attached hydrogen (secondary N) is 1. The van der Waals surface area contributed by atoms with Crippen molar-refractivity contribution in [2.45, 2.75) is 64.8 Å². The fourth-order valence-electron chi connectivity index (χ4n) is 2.43. The van der Waals surface area contributed by atoms with Gasteiger partial charge in [-0.3, -0.25) is 0 Å². The fourth-order valence-corrected chi connectivity index (χ4v) is 2.43. The summed E-state index contributed by atoms with van der Waals surface area (Å²) in [4.78, 5) is 0. The van der Waals surface area contributed by atoms with Crippen molar-refractivity contribution in [3.05, 3.63) is 0 Å². The van der Waals surface area contributed by atoms with Crippen molar-refractivity contribution >= 4 is 0 Å². The van der Waals surface area contributed by atoms with Crippen molar-refractivity contribution in [2.75, 3.05) is 13.7 Å². The molecule has 0 aromatic rings. The topological polar surface area (TPSA) is 32.3 Å². The summed E-state index contributed by atoms with van der Waals surface area (Å²) in [7, 11) is 2.12. The molecule has 0 amide bonds. The fraction of sp³-hybridized carbons (Fsp3) is 1.00. The Morgan fingerprint density at radius 2 is 1.60 bits per heavy atom. The zero-order valence-corrected chi connectivity index (χ0v) is 10.8. The molecule has 1 rings (SSSR count). The number of rotatable bonds is 2. The molecule has 0 aliphatic heterocycles. The Morgan fingerprint density at radius 1 is 1.07 bits per heavy atom. The molecule has 2 atom stereocenters. The van der Waals surface area contributed by atoms with Crippen molar-refractivity contribution in [1.82, 2.24) is 5.32 Å². The van der Waals surface area contributed by atoms with Crippen LogP contribution in [0, 0.1) is 5.92 Å². The molecular formula is C13H29NO. The van der Waals surface area contributed by atoms with Gasteiger partial charge in [0.05, 0.1) is 0 Å². The summed E-state index contributed by atoms with van der Waals surface area (Å²) < 4.78 is 0. The van der Waals surface area contributed by atoms with E-state index in [2.05, 4.69) is 19.3 Å². The molecule has 0 aromatic carbocycles. The molecule has 0 saturated heterocycles. The van der Waals surface area contributed by atoms with E-state index in [0.717, 1.165) is 12.0 Å². The normalized spacial score (nSPS) is 27.2. The monoisotopic (exact) mass is 215 g/mol. The lowest BCUT2D eigenvalue weighted by Gasteiger charge is -2.28. The Kier molecular flexibility index (Phi) is 10.4. The van der Waals surface area contributed by atoms with Gasteiger partial charge in [0.1, 0.15) is 0 Å². The summed E-state index contributed by atoms with van der Waals surface area (Å²) >= 11 is 0. The van der Waals surface area contributed by atoms with E-state index in [4.69, 9.17) is 5.11 Å². The Bertz CT molecular complexity index is 114. The molecular weight excluding hydrogens is 186 g/mol. The highest BCUT2D eigenvalue weighted by atomic mass is 16.2. The van der Waals surface area contributed by atoms with Gasteiger partial charge in [-0.2, -0.15) is 0 Å². The predicted octanol–water partition coefficient (Wildman–Crippen LogP) is 2.95. The van der Waals surface area contributed by atoms with E-state index in [-0.39, 0.29) is 6.61 Å². The van der Waals surface area contributed by atoms with Gasteiger partial charge < -0.3 is 10.4 Å². The summed E-state index contributed by atoms with van der Waals surface area (Å²) in [6.45, 7) is 4.26. The summed E-state index contributed by atoms with van der Waals surface area (Å²) in [6.07, 6.45) is 10.0. The van der Waals surface area contributed by atoms with Gasteiger partial charge in [-0.1, -0.05) is 39.0 Å². The van der Waals surface area contributed by atoms with Gasteiger partial charge in [0.2, 0.25) is 0 Å². The number of aliphatic hydroxyl groups is 1. The van der Waals surface area contributed by atoms with E-state index in [9.17, 15) is 0 Å². The van der Waals surface area contributed by atoms with Crippen molar-refractivity contribution < 1.29 is 5.11 Å². The summed E-state index contributed by atoms with van der Waals surface area (Å²) in [5, 5.41) is 11.0. The van der Waals surface area contributed by atoms with E-state index < -0.39 is 0 Å². The van der Waals surface area contributed by atoms with Crippen LogP contribution in [0.2, 0.25) is 0 Å². The van der Waals surface area contributed by atoms with Crippen LogP contribution in [0.5, 0.6) is 0 Å². The molecule has 92 valence electrons. The van der Waals surface area contributed by atoms with Crippen LogP contribution in [0.4, 0.5) is 0 Å². The number of hydrogen-bond acceptors (Lipinski definition) is 2. The molecule has 1 saturated carbocycles. The predicted molar refractivity (Wildman–Crippen MR) is 67.1 cm³/mol. The van der Waals surface area contributed by atoms with Gasteiger partial charge in [-0.05, 0) is 32.7 Å². The van der Waals surface area contributed by atoms with E-state index in [0.29, 0.717) is 0 Å². The molecule has 2 N–H and O–H groups in total. The van der Waals surface area contributed by atoms with Crippen LogP contribution in [0.25, 0.3) is 0 Å². The van der Waals surface area contributed by atoms with Crippen molar-refractivity contribution in [3.63, 3.8) is 0 Å². The van der Waals surface area contributed by atoms with Crippen molar-refractivity contribution in [3.8, 4) is 0 Å². The first-order chi connectivity index (χ1) is 7.29. The summed E-state index contributed by atoms with van der Waals surface area (Å²) in [5.74, 6) is 0.940. The van der Waals surface area contributed by atoms with E-state index in [1.54, 1.807) is 6.92 Å². The quantitative estimate of drug-likeness (QED) is 0.742. The maximum Gasteiger partial charge on any atom is 0.0402 e. The average molecular weight is 215 g/mol. The molecule has 1 fully saturated rings. The van der Waals surface area contributed by atoms with Crippen LogP contribution in [-0.2, 0) is 0 Å². The van der Waals surface area contributed by atoms with Gasteiger partial charge in [0.15, 0.2) is 0 Å². The maximum atomic E-state index is 7.57. The first kappa shape index (κ1) is 14.9. The van der Waals surface area contributed by atoms with Gasteiger partial charge in [-0.15, -0.1) is 0 Å². The SMILES string of the molecule is CCC1CCCCCCC1NC.CCO. The highest BCUT2D eigenvalue weighted by molar-refractivity contribution is 4.76. The molecule has 1 aliphatic rings. The summed E-state index contributed by atoms with van der Waals surface area (Å²) in [6, 6.07) is 0.801. The largest absolute Gasteiger partial charge is 0.397 e. The second-order valence-electron chi connectivity index (χ2n) is 4.37. The number of hydrogen-bond donors (Lipinski definition) is 2. The maximum absolute atomic E-state index is 7.57. The first-order valence-corrected chi connectivity index (χ1v) is 6.58. The van der Waals surface area contributed by atoms with Gasteiger partial charge in [0.25, 0.3) is 0 Å². The molecule has 0 bridgehead atoms. The first-order valence-electron chi connectivity index (χ1n) is 6.58. The lowest BCUT2D eigenvalue weighted by Crippen LogP contribution is -2.33. The molecule has 0 radical (unpaired) electrons. The minimum Gasteiger partial charge on any atom is -0.397 e. The second kappa shape index (κ2) is 10.4. The van der Waals surface area contributed by atoms with Crippen LogP contribution in [-0.4, -0.2) is 24.8 Å². The molecule has 0 aromatic heterocycles. The van der Waals surface area contributed by atoms with Gasteiger partial charge in [0, 0.05) is 12.6 Å². The molecule has 1 aliphatic carbocycles. The van der Waals surface area contributed by atoms with Crippen LogP contribution in [0.3, 0.4) is 0 Å². The molecule has 2 heteroatoms. The second-order valence-corrected chi connectivity index (χ2v) is 4.37. The molecule has 2 nitrogen and oxygen atoms in total. The smallest absolute Gasteiger partial charge is 0.0402 e. The highest BCUT2D eigenvalue weighted by Crippen LogP contribution is 2.24. The molecule has 0 spiro atoms. The Hall–Kier alpha value is -0.0800. The molecule has 0 heterocycles. The van der Waals surface area contributed by atoms with Crippen LogP contribution in [0.15, 0.2) is 0 Å². The van der Waals surface area contributed by atoms with Crippen LogP contribution >= 0.6 is 0 Å². The third-order valence-corrected chi connectivity index (χ3v) is 3.30. The molecule has 2 unspecified atom stereocenters. The summed E-state index contributed by atoms with van der Waals surface area (Å²) in [5.41, 5.74) is 0. The highest BCUT2D eigenvalue weighted by Gasteiger charge is 2.18. The zero-order chi connectivity index (χ0) is 11.5. The van der Waals surface area contributed by atoms with E-state index >= 15 is 0 Å². The third kappa shape index (κ3) is 6.91. The van der Waals surface area contributed by atoms with Gasteiger partial charge in [-0.25, -0.2) is 0 Å².